The molecule has 1 unspecified atom stereocenters. The van der Waals surface area contributed by atoms with Crippen molar-refractivity contribution in [2.45, 2.75) is 45.6 Å². The van der Waals surface area contributed by atoms with E-state index in [1.807, 2.05) is 18.2 Å². The maximum Gasteiger partial charge on any atom is 0.0620 e. The molecule has 2 N–H and O–H groups in total. The number of para-hydroxylation sites is 3. The second-order valence-electron chi connectivity index (χ2n) is 5.58. The fourth-order valence-electron chi connectivity index (χ4n) is 2.43. The van der Waals surface area contributed by atoms with Crippen LogP contribution >= 0.6 is 0 Å². The van der Waals surface area contributed by atoms with E-state index in [1.165, 1.54) is 31.4 Å². The maximum atomic E-state index is 3.63. The van der Waals surface area contributed by atoms with Crippen LogP contribution in [0.3, 0.4) is 0 Å². The molecule has 2 heteroatoms. The SMILES string of the molecule is CCCCCC(C)Nc1ccccc1Nc1ccccc1. The first kappa shape index (κ1) is 15.4. The molecule has 2 aromatic rings. The predicted octanol–water partition coefficient (Wildman–Crippen LogP) is 5.81. The number of nitrogens with one attached hydrogen (secondary N) is 2. The van der Waals surface area contributed by atoms with E-state index in [0.717, 1.165) is 11.4 Å². The van der Waals surface area contributed by atoms with Crippen molar-refractivity contribution >= 4 is 17.1 Å². The van der Waals surface area contributed by atoms with Gasteiger partial charge in [-0.25, -0.2) is 0 Å². The summed E-state index contributed by atoms with van der Waals surface area (Å²) >= 11 is 0. The molecule has 0 aliphatic carbocycles. The highest BCUT2D eigenvalue weighted by molar-refractivity contribution is 5.74. The van der Waals surface area contributed by atoms with Crippen LogP contribution < -0.4 is 10.6 Å². The zero-order chi connectivity index (χ0) is 14.9. The molecule has 2 aromatic carbocycles. The summed E-state index contributed by atoms with van der Waals surface area (Å²) in [6.07, 6.45) is 5.10. The van der Waals surface area contributed by atoms with Crippen molar-refractivity contribution in [1.82, 2.24) is 0 Å². The van der Waals surface area contributed by atoms with E-state index < -0.39 is 0 Å². The van der Waals surface area contributed by atoms with Crippen LogP contribution in [0.25, 0.3) is 0 Å². The van der Waals surface area contributed by atoms with Gasteiger partial charge in [0.05, 0.1) is 11.4 Å². The van der Waals surface area contributed by atoms with Crippen LogP contribution in [0.5, 0.6) is 0 Å². The summed E-state index contributed by atoms with van der Waals surface area (Å²) in [4.78, 5) is 0. The average Bonchev–Trinajstić information content (AvgIpc) is 2.51. The lowest BCUT2D eigenvalue weighted by Gasteiger charge is -2.19. The molecule has 2 nitrogen and oxygen atoms in total. The molecule has 0 heterocycles. The Morgan fingerprint density at radius 1 is 0.857 bits per heavy atom. The van der Waals surface area contributed by atoms with Gasteiger partial charge in [0.2, 0.25) is 0 Å². The Kier molecular flexibility index (Phi) is 6.14. The largest absolute Gasteiger partial charge is 0.381 e. The first-order valence-corrected chi connectivity index (χ1v) is 7.97. The van der Waals surface area contributed by atoms with E-state index in [0.29, 0.717) is 6.04 Å². The normalized spacial score (nSPS) is 11.9. The van der Waals surface area contributed by atoms with E-state index in [-0.39, 0.29) is 0 Å². The van der Waals surface area contributed by atoms with Crippen LogP contribution in [0.1, 0.15) is 39.5 Å². The summed E-state index contributed by atoms with van der Waals surface area (Å²) in [6, 6.07) is 19.2. The summed E-state index contributed by atoms with van der Waals surface area (Å²) in [5.74, 6) is 0. The van der Waals surface area contributed by atoms with Crippen LogP contribution in [0, 0.1) is 0 Å². The van der Waals surface area contributed by atoms with Gasteiger partial charge in [-0.1, -0.05) is 56.5 Å². The molecule has 112 valence electrons. The zero-order valence-electron chi connectivity index (χ0n) is 13.1. The lowest BCUT2D eigenvalue weighted by atomic mass is 10.1. The minimum atomic E-state index is 0.496. The van der Waals surface area contributed by atoms with Crippen molar-refractivity contribution in [1.29, 1.82) is 0 Å². The van der Waals surface area contributed by atoms with Gasteiger partial charge in [-0.3, -0.25) is 0 Å². The Labute approximate surface area is 128 Å². The molecule has 0 bridgehead atoms. The molecule has 0 saturated carbocycles. The number of benzene rings is 2. The van der Waals surface area contributed by atoms with Gasteiger partial charge in [0.25, 0.3) is 0 Å². The van der Waals surface area contributed by atoms with Crippen molar-refractivity contribution in [3.63, 3.8) is 0 Å². The summed E-state index contributed by atoms with van der Waals surface area (Å²) < 4.78 is 0. The molecule has 0 aliphatic rings. The third-order valence-corrected chi connectivity index (χ3v) is 3.62. The van der Waals surface area contributed by atoms with Gasteiger partial charge in [0.15, 0.2) is 0 Å². The molecule has 0 spiro atoms. The number of hydrogen-bond acceptors (Lipinski definition) is 2. The third-order valence-electron chi connectivity index (χ3n) is 3.62. The Bertz CT molecular complexity index is 522. The van der Waals surface area contributed by atoms with Crippen LogP contribution in [0.4, 0.5) is 17.1 Å². The van der Waals surface area contributed by atoms with E-state index in [9.17, 15) is 0 Å². The summed E-state index contributed by atoms with van der Waals surface area (Å²) in [5, 5.41) is 7.11. The Morgan fingerprint density at radius 2 is 1.52 bits per heavy atom. The summed E-state index contributed by atoms with van der Waals surface area (Å²) in [5.41, 5.74) is 3.42. The summed E-state index contributed by atoms with van der Waals surface area (Å²) in [7, 11) is 0. The molecule has 0 radical (unpaired) electrons. The monoisotopic (exact) mass is 282 g/mol. The maximum absolute atomic E-state index is 3.63. The van der Waals surface area contributed by atoms with Crippen molar-refractivity contribution < 1.29 is 0 Å². The molecule has 0 fully saturated rings. The molecule has 0 amide bonds. The number of hydrogen-bond donors (Lipinski definition) is 2. The highest BCUT2D eigenvalue weighted by Gasteiger charge is 2.06. The van der Waals surface area contributed by atoms with Gasteiger partial charge in [-0.05, 0) is 37.6 Å². The van der Waals surface area contributed by atoms with Crippen LogP contribution in [0.2, 0.25) is 0 Å². The van der Waals surface area contributed by atoms with Crippen LogP contribution in [-0.4, -0.2) is 6.04 Å². The Hall–Kier alpha value is -1.96. The number of unbranched alkanes of at least 4 members (excludes halogenated alkanes) is 2. The third kappa shape index (κ3) is 5.14. The van der Waals surface area contributed by atoms with Crippen LogP contribution in [-0.2, 0) is 0 Å². The minimum absolute atomic E-state index is 0.496. The van der Waals surface area contributed by atoms with Gasteiger partial charge >= 0.3 is 0 Å². The van der Waals surface area contributed by atoms with E-state index >= 15 is 0 Å². The van der Waals surface area contributed by atoms with Gasteiger partial charge in [-0.15, -0.1) is 0 Å². The second-order valence-corrected chi connectivity index (χ2v) is 5.58. The van der Waals surface area contributed by atoms with Crippen LogP contribution in [0.15, 0.2) is 54.6 Å². The fourth-order valence-corrected chi connectivity index (χ4v) is 2.43. The average molecular weight is 282 g/mol. The van der Waals surface area contributed by atoms with Gasteiger partial charge in [0, 0.05) is 11.7 Å². The summed E-state index contributed by atoms with van der Waals surface area (Å²) in [6.45, 7) is 4.51. The molecule has 0 aromatic heterocycles. The standard InChI is InChI=1S/C19H26N2/c1-3-4-6-11-16(2)20-18-14-9-10-15-19(18)21-17-12-7-5-8-13-17/h5,7-10,12-16,20-21H,3-4,6,11H2,1-2H3. The fraction of sp³-hybridized carbons (Fsp3) is 0.368. The second kappa shape index (κ2) is 8.35. The van der Waals surface area contributed by atoms with Gasteiger partial charge in [-0.2, -0.15) is 0 Å². The highest BCUT2D eigenvalue weighted by Crippen LogP contribution is 2.26. The van der Waals surface area contributed by atoms with Gasteiger partial charge in [0.1, 0.15) is 0 Å². The number of anilines is 3. The van der Waals surface area contributed by atoms with E-state index in [4.69, 9.17) is 0 Å². The van der Waals surface area contributed by atoms with Gasteiger partial charge < -0.3 is 10.6 Å². The Balaban J connectivity index is 1.99. The highest BCUT2D eigenvalue weighted by atomic mass is 15.0. The molecule has 0 aliphatic heterocycles. The number of rotatable bonds is 8. The minimum Gasteiger partial charge on any atom is -0.381 e. The molecule has 21 heavy (non-hydrogen) atoms. The van der Waals surface area contributed by atoms with Crippen molar-refractivity contribution in [3.8, 4) is 0 Å². The Morgan fingerprint density at radius 3 is 2.24 bits per heavy atom. The first-order chi connectivity index (χ1) is 10.3. The lowest BCUT2D eigenvalue weighted by molar-refractivity contribution is 0.615. The van der Waals surface area contributed by atoms with E-state index in [2.05, 4.69) is 60.9 Å². The van der Waals surface area contributed by atoms with Crippen molar-refractivity contribution in [3.05, 3.63) is 54.6 Å². The predicted molar refractivity (Wildman–Crippen MR) is 93.4 cm³/mol. The quantitative estimate of drug-likeness (QED) is 0.597. The van der Waals surface area contributed by atoms with Crippen molar-refractivity contribution in [2.75, 3.05) is 10.6 Å². The first-order valence-electron chi connectivity index (χ1n) is 7.97. The zero-order valence-corrected chi connectivity index (χ0v) is 13.1. The molecule has 0 saturated heterocycles. The smallest absolute Gasteiger partial charge is 0.0620 e. The topological polar surface area (TPSA) is 24.1 Å². The molecular formula is C19H26N2. The van der Waals surface area contributed by atoms with Crippen molar-refractivity contribution in [2.24, 2.45) is 0 Å². The van der Waals surface area contributed by atoms with E-state index in [1.54, 1.807) is 0 Å². The molecular weight excluding hydrogens is 256 g/mol. The lowest BCUT2D eigenvalue weighted by Crippen LogP contribution is -2.15. The molecule has 2 rings (SSSR count). The molecule has 1 atom stereocenters.